The fourth-order valence-electron chi connectivity index (χ4n) is 3.86. The maximum atomic E-state index is 3.81. The van der Waals surface area contributed by atoms with Gasteiger partial charge in [0, 0.05) is 4.83 Å². The van der Waals surface area contributed by atoms with Gasteiger partial charge in [-0.2, -0.15) is 0 Å². The lowest BCUT2D eigenvalue weighted by atomic mass is 9.66. The molecule has 0 spiro atoms. The van der Waals surface area contributed by atoms with E-state index in [0.29, 0.717) is 5.41 Å². The van der Waals surface area contributed by atoms with Crippen LogP contribution in [0.1, 0.15) is 65.2 Å². The first kappa shape index (κ1) is 12.0. The van der Waals surface area contributed by atoms with Crippen LogP contribution < -0.4 is 0 Å². The van der Waals surface area contributed by atoms with E-state index in [2.05, 4.69) is 29.8 Å². The van der Waals surface area contributed by atoms with Crippen molar-refractivity contribution in [2.45, 2.75) is 70.0 Å². The van der Waals surface area contributed by atoms with Crippen LogP contribution in [0.5, 0.6) is 0 Å². The highest BCUT2D eigenvalue weighted by Gasteiger charge is 2.41. The molecule has 2 aliphatic rings. The van der Waals surface area contributed by atoms with Crippen LogP contribution in [0.4, 0.5) is 0 Å². The minimum absolute atomic E-state index is 0.669. The van der Waals surface area contributed by atoms with E-state index in [1.807, 2.05) is 0 Å². The molecule has 0 amide bonds. The Balaban J connectivity index is 1.97. The van der Waals surface area contributed by atoms with Gasteiger partial charge in [-0.25, -0.2) is 0 Å². The number of halogens is 1. The maximum absolute atomic E-state index is 3.81. The van der Waals surface area contributed by atoms with Crippen molar-refractivity contribution >= 4 is 15.9 Å². The third-order valence-electron chi connectivity index (χ3n) is 5.06. The predicted molar refractivity (Wildman–Crippen MR) is 70.4 cm³/mol. The van der Waals surface area contributed by atoms with Gasteiger partial charge in [0.2, 0.25) is 0 Å². The van der Waals surface area contributed by atoms with Crippen LogP contribution in [0.15, 0.2) is 0 Å². The Kier molecular flexibility index (Phi) is 3.80. The number of alkyl halides is 1. The molecule has 2 aliphatic carbocycles. The number of hydrogen-bond donors (Lipinski definition) is 0. The van der Waals surface area contributed by atoms with E-state index < -0.39 is 0 Å². The zero-order valence-electron chi connectivity index (χ0n) is 10.3. The average molecular weight is 273 g/mol. The lowest BCUT2D eigenvalue weighted by Crippen LogP contribution is -2.29. The van der Waals surface area contributed by atoms with E-state index in [-0.39, 0.29) is 0 Å². The molecule has 0 bridgehead atoms. The summed E-state index contributed by atoms with van der Waals surface area (Å²) in [5.74, 6) is 2.06. The smallest absolute Gasteiger partial charge is 0.0151 e. The summed E-state index contributed by atoms with van der Waals surface area (Å²) in [4.78, 5) is 0.810. The van der Waals surface area contributed by atoms with Crippen molar-refractivity contribution in [1.82, 2.24) is 0 Å². The van der Waals surface area contributed by atoms with Gasteiger partial charge in [0.05, 0.1) is 0 Å². The largest absolute Gasteiger partial charge is 0.0890 e. The highest BCUT2D eigenvalue weighted by Crippen LogP contribution is 2.52. The fourth-order valence-corrected chi connectivity index (χ4v) is 4.83. The normalized spacial score (nSPS) is 47.0. The van der Waals surface area contributed by atoms with E-state index in [0.717, 1.165) is 16.7 Å². The van der Waals surface area contributed by atoms with E-state index >= 15 is 0 Å². The molecule has 0 aromatic rings. The van der Waals surface area contributed by atoms with Gasteiger partial charge >= 0.3 is 0 Å². The van der Waals surface area contributed by atoms with Crippen molar-refractivity contribution in [2.75, 3.05) is 0 Å². The van der Waals surface area contributed by atoms with Gasteiger partial charge in [0.25, 0.3) is 0 Å². The number of hydrogen-bond acceptors (Lipinski definition) is 0. The molecule has 15 heavy (non-hydrogen) atoms. The van der Waals surface area contributed by atoms with E-state index in [9.17, 15) is 0 Å². The molecular formula is C14H25Br. The molecule has 0 N–H and O–H groups in total. The van der Waals surface area contributed by atoms with Crippen LogP contribution in [0, 0.1) is 17.3 Å². The molecule has 2 rings (SSSR count). The van der Waals surface area contributed by atoms with E-state index in [4.69, 9.17) is 0 Å². The Labute approximate surface area is 103 Å². The quantitative estimate of drug-likeness (QED) is 0.610. The first-order valence-electron chi connectivity index (χ1n) is 6.78. The van der Waals surface area contributed by atoms with Crippen molar-refractivity contribution in [1.29, 1.82) is 0 Å². The Morgan fingerprint density at radius 1 is 1.27 bits per heavy atom. The molecule has 0 heterocycles. The van der Waals surface area contributed by atoms with Crippen LogP contribution in [-0.4, -0.2) is 4.83 Å². The van der Waals surface area contributed by atoms with Crippen LogP contribution in [-0.2, 0) is 0 Å². The summed E-state index contributed by atoms with van der Waals surface area (Å²) < 4.78 is 0. The summed E-state index contributed by atoms with van der Waals surface area (Å²) in [6.45, 7) is 4.92. The van der Waals surface area contributed by atoms with Crippen molar-refractivity contribution in [3.8, 4) is 0 Å². The summed E-state index contributed by atoms with van der Waals surface area (Å²) >= 11 is 3.81. The molecule has 2 fully saturated rings. The Hall–Kier alpha value is 0.480. The SMILES string of the molecule is CCC1CCCC(C2(C)CCC(Br)C2)C1. The highest BCUT2D eigenvalue weighted by atomic mass is 79.9. The van der Waals surface area contributed by atoms with Crippen molar-refractivity contribution in [3.05, 3.63) is 0 Å². The molecule has 0 aromatic carbocycles. The minimum atomic E-state index is 0.669. The summed E-state index contributed by atoms with van der Waals surface area (Å²) in [6, 6.07) is 0. The van der Waals surface area contributed by atoms with Crippen LogP contribution in [0.2, 0.25) is 0 Å². The summed E-state index contributed by atoms with van der Waals surface area (Å²) in [5.41, 5.74) is 0.669. The number of rotatable bonds is 2. The monoisotopic (exact) mass is 272 g/mol. The third-order valence-corrected chi connectivity index (χ3v) is 5.84. The Bertz CT molecular complexity index is 213. The fraction of sp³-hybridized carbons (Fsp3) is 1.00. The first-order chi connectivity index (χ1) is 7.14. The van der Waals surface area contributed by atoms with Crippen molar-refractivity contribution < 1.29 is 0 Å². The van der Waals surface area contributed by atoms with Gasteiger partial charge in [-0.15, -0.1) is 0 Å². The maximum Gasteiger partial charge on any atom is 0.0151 e. The topological polar surface area (TPSA) is 0 Å². The van der Waals surface area contributed by atoms with Crippen molar-refractivity contribution in [2.24, 2.45) is 17.3 Å². The second kappa shape index (κ2) is 4.77. The highest BCUT2D eigenvalue weighted by molar-refractivity contribution is 9.09. The summed E-state index contributed by atoms with van der Waals surface area (Å²) in [5, 5.41) is 0. The van der Waals surface area contributed by atoms with Crippen molar-refractivity contribution in [3.63, 3.8) is 0 Å². The first-order valence-corrected chi connectivity index (χ1v) is 7.69. The second-order valence-electron chi connectivity index (χ2n) is 6.13. The van der Waals surface area contributed by atoms with Gasteiger partial charge in [-0.3, -0.25) is 0 Å². The average Bonchev–Trinajstić information content (AvgIpc) is 2.60. The molecule has 0 aromatic heterocycles. The predicted octanol–water partition coefficient (Wildman–Crippen LogP) is 5.16. The molecular weight excluding hydrogens is 248 g/mol. The van der Waals surface area contributed by atoms with Crippen LogP contribution in [0.3, 0.4) is 0 Å². The van der Waals surface area contributed by atoms with E-state index in [1.54, 1.807) is 0 Å². The molecule has 0 radical (unpaired) electrons. The summed E-state index contributed by atoms with van der Waals surface area (Å²) in [7, 11) is 0. The van der Waals surface area contributed by atoms with Crippen LogP contribution in [0.25, 0.3) is 0 Å². The third kappa shape index (κ3) is 2.60. The molecule has 0 saturated heterocycles. The zero-order valence-corrected chi connectivity index (χ0v) is 11.9. The van der Waals surface area contributed by atoms with Gasteiger partial charge < -0.3 is 0 Å². The summed E-state index contributed by atoms with van der Waals surface area (Å²) in [6.07, 6.45) is 11.7. The molecule has 0 aliphatic heterocycles. The van der Waals surface area contributed by atoms with Gasteiger partial charge in [-0.05, 0) is 49.4 Å². The standard InChI is InChI=1S/C14H25Br/c1-3-11-5-4-6-12(9-11)14(2)8-7-13(15)10-14/h11-13H,3-10H2,1-2H3. The Morgan fingerprint density at radius 3 is 2.67 bits per heavy atom. The molecule has 1 heteroatoms. The molecule has 0 nitrogen and oxygen atoms in total. The van der Waals surface area contributed by atoms with Crippen LogP contribution >= 0.6 is 15.9 Å². The lowest BCUT2D eigenvalue weighted by Gasteiger charge is -2.40. The molecule has 4 atom stereocenters. The van der Waals surface area contributed by atoms with E-state index in [1.165, 1.54) is 51.4 Å². The molecule has 4 unspecified atom stereocenters. The minimum Gasteiger partial charge on any atom is -0.0890 e. The molecule has 2 saturated carbocycles. The van der Waals surface area contributed by atoms with Gasteiger partial charge in [-0.1, -0.05) is 49.0 Å². The molecule has 88 valence electrons. The van der Waals surface area contributed by atoms with Gasteiger partial charge in [0.1, 0.15) is 0 Å². The second-order valence-corrected chi connectivity index (χ2v) is 7.43. The lowest BCUT2D eigenvalue weighted by molar-refractivity contribution is 0.112. The zero-order chi connectivity index (χ0) is 10.9. The Morgan fingerprint density at radius 2 is 2.07 bits per heavy atom. The van der Waals surface area contributed by atoms with Gasteiger partial charge in [0.15, 0.2) is 0 Å².